The van der Waals surface area contributed by atoms with Gasteiger partial charge in [0.2, 0.25) is 0 Å². The van der Waals surface area contributed by atoms with Gasteiger partial charge in [0.15, 0.2) is 0 Å². The van der Waals surface area contributed by atoms with E-state index in [0.29, 0.717) is 0 Å². The molecule has 0 heterocycles. The van der Waals surface area contributed by atoms with Gasteiger partial charge in [0.25, 0.3) is 0 Å². The van der Waals surface area contributed by atoms with Gasteiger partial charge in [0.1, 0.15) is 0 Å². The van der Waals surface area contributed by atoms with E-state index in [4.69, 9.17) is 0 Å². The fraction of sp³-hybridized carbons (Fsp3) is 0.867. The third-order valence-corrected chi connectivity index (χ3v) is 2.87. The molecule has 0 saturated heterocycles. The molecule has 0 nitrogen and oxygen atoms in total. The first-order valence-corrected chi connectivity index (χ1v) is 7.06. The number of allylic oxidation sites excluding steroid dienone is 2. The summed E-state index contributed by atoms with van der Waals surface area (Å²) in [5, 5.41) is 0. The topological polar surface area (TPSA) is 0 Å². The fourth-order valence-electron chi connectivity index (χ4n) is 1.79. The van der Waals surface area contributed by atoms with E-state index in [1.54, 1.807) is 0 Å². The van der Waals surface area contributed by atoms with Crippen LogP contribution in [-0.2, 0) is 0 Å². The zero-order valence-electron chi connectivity index (χ0n) is 10.9. The molecular formula is C15H30. The smallest absolute Gasteiger partial charge is 0.0351 e. The molecule has 0 rings (SSSR count). The monoisotopic (exact) mass is 210 g/mol. The summed E-state index contributed by atoms with van der Waals surface area (Å²) in [5.74, 6) is 0. The van der Waals surface area contributed by atoms with Gasteiger partial charge >= 0.3 is 0 Å². The van der Waals surface area contributed by atoms with Gasteiger partial charge in [-0.15, -0.1) is 0 Å². The molecule has 0 unspecified atom stereocenters. The van der Waals surface area contributed by atoms with Crippen LogP contribution in [0.1, 0.15) is 84.5 Å². The number of hydrogen-bond acceptors (Lipinski definition) is 0. The molecular weight excluding hydrogens is 180 g/mol. The Morgan fingerprint density at radius 3 is 1.53 bits per heavy atom. The molecule has 0 aliphatic heterocycles. The molecule has 0 heteroatoms. The molecule has 0 radical (unpaired) electrons. The molecule has 0 aromatic heterocycles. The second-order valence-corrected chi connectivity index (χ2v) is 4.52. The molecule has 0 aliphatic rings. The molecule has 0 fully saturated rings. The summed E-state index contributed by atoms with van der Waals surface area (Å²) in [4.78, 5) is 0. The first kappa shape index (κ1) is 14.7. The van der Waals surface area contributed by atoms with Gasteiger partial charge in [-0.1, -0.05) is 70.9 Å². The van der Waals surface area contributed by atoms with Crippen LogP contribution in [0.3, 0.4) is 0 Å². The van der Waals surface area contributed by atoms with E-state index in [9.17, 15) is 0 Å². The molecule has 0 atom stereocenters. The van der Waals surface area contributed by atoms with Crippen LogP contribution in [-0.4, -0.2) is 0 Å². The number of hydrogen-bond donors (Lipinski definition) is 0. The van der Waals surface area contributed by atoms with Crippen LogP contribution in [0.4, 0.5) is 0 Å². The Morgan fingerprint density at radius 2 is 0.933 bits per heavy atom. The molecule has 0 spiro atoms. The summed E-state index contributed by atoms with van der Waals surface area (Å²) in [5.41, 5.74) is 0. The zero-order valence-corrected chi connectivity index (χ0v) is 10.9. The van der Waals surface area contributed by atoms with Gasteiger partial charge in [-0.25, -0.2) is 0 Å². The van der Waals surface area contributed by atoms with Crippen LogP contribution in [0.25, 0.3) is 0 Å². The lowest BCUT2D eigenvalue weighted by Gasteiger charge is -1.97. The van der Waals surface area contributed by atoms with E-state index >= 15 is 0 Å². The lowest BCUT2D eigenvalue weighted by molar-refractivity contribution is 0.611. The van der Waals surface area contributed by atoms with Crippen molar-refractivity contribution in [2.45, 2.75) is 84.5 Å². The predicted molar refractivity (Wildman–Crippen MR) is 71.3 cm³/mol. The van der Waals surface area contributed by atoms with E-state index in [0.717, 1.165) is 0 Å². The molecule has 15 heavy (non-hydrogen) atoms. The predicted octanol–water partition coefficient (Wildman–Crippen LogP) is 5.87. The van der Waals surface area contributed by atoms with Crippen LogP contribution in [0, 0.1) is 0 Å². The Labute approximate surface area is 97.2 Å². The molecule has 0 bridgehead atoms. The number of unbranched alkanes of at least 4 members (excludes halogenated alkanes) is 9. The average Bonchev–Trinajstić information content (AvgIpc) is 2.26. The van der Waals surface area contributed by atoms with Gasteiger partial charge in [-0.3, -0.25) is 0 Å². The summed E-state index contributed by atoms with van der Waals surface area (Å²) in [6, 6.07) is 0. The van der Waals surface area contributed by atoms with Crippen molar-refractivity contribution < 1.29 is 0 Å². The van der Waals surface area contributed by atoms with Crippen molar-refractivity contribution in [2.75, 3.05) is 0 Å². The van der Waals surface area contributed by atoms with Crippen molar-refractivity contribution in [3.8, 4) is 0 Å². The highest BCUT2D eigenvalue weighted by molar-refractivity contribution is 4.81. The Hall–Kier alpha value is -0.260. The van der Waals surface area contributed by atoms with Crippen molar-refractivity contribution >= 4 is 0 Å². The fourth-order valence-corrected chi connectivity index (χ4v) is 1.79. The summed E-state index contributed by atoms with van der Waals surface area (Å²) >= 11 is 0. The third-order valence-electron chi connectivity index (χ3n) is 2.87. The quantitative estimate of drug-likeness (QED) is 0.295. The summed E-state index contributed by atoms with van der Waals surface area (Å²) < 4.78 is 0. The van der Waals surface area contributed by atoms with Crippen molar-refractivity contribution in [3.05, 3.63) is 12.2 Å². The van der Waals surface area contributed by atoms with Crippen molar-refractivity contribution in [1.29, 1.82) is 0 Å². The normalized spacial score (nSPS) is 11.3. The van der Waals surface area contributed by atoms with Gasteiger partial charge in [-0.2, -0.15) is 0 Å². The van der Waals surface area contributed by atoms with E-state index in [1.807, 2.05) is 0 Å². The molecule has 0 N–H and O–H groups in total. The maximum atomic E-state index is 2.38. The van der Waals surface area contributed by atoms with Crippen LogP contribution < -0.4 is 0 Å². The molecule has 90 valence electrons. The third kappa shape index (κ3) is 13.7. The van der Waals surface area contributed by atoms with Crippen molar-refractivity contribution in [3.63, 3.8) is 0 Å². The molecule has 0 aromatic rings. The standard InChI is InChI=1S/C15H30/c1-3-5-7-9-11-13-15-14-12-10-8-6-4-2/h11,13H,3-10,12,14-15H2,1-2H3/b13-11-. The largest absolute Gasteiger partial charge is 0.0885 e. The van der Waals surface area contributed by atoms with E-state index in [1.165, 1.54) is 70.6 Å². The van der Waals surface area contributed by atoms with Crippen LogP contribution in [0.2, 0.25) is 0 Å². The molecule has 0 aromatic carbocycles. The average molecular weight is 210 g/mol. The highest BCUT2D eigenvalue weighted by atomic mass is 13.9. The maximum absolute atomic E-state index is 2.38. The van der Waals surface area contributed by atoms with Gasteiger partial charge in [0, 0.05) is 0 Å². The molecule has 0 saturated carbocycles. The maximum Gasteiger partial charge on any atom is -0.0351 e. The first-order valence-electron chi connectivity index (χ1n) is 7.06. The second-order valence-electron chi connectivity index (χ2n) is 4.52. The first-order chi connectivity index (χ1) is 7.41. The van der Waals surface area contributed by atoms with Crippen LogP contribution in [0.15, 0.2) is 12.2 Å². The van der Waals surface area contributed by atoms with Crippen molar-refractivity contribution in [1.82, 2.24) is 0 Å². The minimum atomic E-state index is 1.30. The summed E-state index contributed by atoms with van der Waals surface area (Å²) in [6.07, 6.45) is 20.0. The lowest BCUT2D eigenvalue weighted by Crippen LogP contribution is -1.77. The molecule has 0 aliphatic carbocycles. The second kappa shape index (κ2) is 13.7. The Morgan fingerprint density at radius 1 is 0.533 bits per heavy atom. The van der Waals surface area contributed by atoms with E-state index in [2.05, 4.69) is 26.0 Å². The number of rotatable bonds is 11. The van der Waals surface area contributed by atoms with E-state index in [-0.39, 0.29) is 0 Å². The van der Waals surface area contributed by atoms with Gasteiger partial charge in [0.05, 0.1) is 0 Å². The van der Waals surface area contributed by atoms with Gasteiger partial charge < -0.3 is 0 Å². The Balaban J connectivity index is 2.96. The lowest BCUT2D eigenvalue weighted by atomic mass is 10.1. The Kier molecular flexibility index (Phi) is 13.5. The highest BCUT2D eigenvalue weighted by Crippen LogP contribution is 2.07. The molecule has 0 amide bonds. The van der Waals surface area contributed by atoms with Crippen LogP contribution >= 0.6 is 0 Å². The summed E-state index contributed by atoms with van der Waals surface area (Å²) in [6.45, 7) is 4.54. The minimum absolute atomic E-state index is 1.30. The SMILES string of the molecule is CCCCC/C=C\CCCCCCCC. The zero-order chi connectivity index (χ0) is 11.2. The van der Waals surface area contributed by atoms with Crippen molar-refractivity contribution in [2.24, 2.45) is 0 Å². The van der Waals surface area contributed by atoms with Crippen LogP contribution in [0.5, 0.6) is 0 Å². The van der Waals surface area contributed by atoms with E-state index < -0.39 is 0 Å². The summed E-state index contributed by atoms with van der Waals surface area (Å²) in [7, 11) is 0. The highest BCUT2D eigenvalue weighted by Gasteiger charge is 1.88. The van der Waals surface area contributed by atoms with Gasteiger partial charge in [-0.05, 0) is 25.7 Å². The minimum Gasteiger partial charge on any atom is -0.0885 e. The Bertz CT molecular complexity index is 124.